The Balaban J connectivity index is 1.94. The molecule has 18 heavy (non-hydrogen) atoms. The second kappa shape index (κ2) is 6.06. The molecular formula is C13H22N2O2S. The number of rotatable bonds is 5. The normalized spacial score (nSPS) is 32.6. The van der Waals surface area contributed by atoms with Crippen molar-refractivity contribution in [3.05, 3.63) is 0 Å². The Morgan fingerprint density at radius 2 is 2.17 bits per heavy atom. The number of hydrogen-bond donors (Lipinski definition) is 1. The number of amides is 2. The quantitative estimate of drug-likeness (QED) is 0.767. The molecule has 1 aliphatic carbocycles. The van der Waals surface area contributed by atoms with Gasteiger partial charge in [0.25, 0.3) is 0 Å². The van der Waals surface area contributed by atoms with E-state index in [2.05, 4.69) is 11.6 Å². The van der Waals surface area contributed by atoms with Gasteiger partial charge in [0.2, 0.25) is 11.8 Å². The van der Waals surface area contributed by atoms with Gasteiger partial charge < -0.3 is 5.32 Å². The van der Waals surface area contributed by atoms with Gasteiger partial charge in [-0.15, -0.1) is 0 Å². The molecule has 1 heterocycles. The van der Waals surface area contributed by atoms with E-state index in [0.717, 1.165) is 12.8 Å². The molecular weight excluding hydrogens is 248 g/mol. The first kappa shape index (κ1) is 13.9. The second-order valence-electron chi connectivity index (χ2n) is 5.12. The van der Waals surface area contributed by atoms with Crippen molar-refractivity contribution in [2.45, 2.75) is 56.4 Å². The Kier molecular flexibility index (Phi) is 4.67. The van der Waals surface area contributed by atoms with Crippen molar-refractivity contribution in [3.8, 4) is 0 Å². The first-order chi connectivity index (χ1) is 8.67. The maximum atomic E-state index is 12.1. The topological polar surface area (TPSA) is 49.4 Å². The standard InChI is InChI=1S/C13H22N2O2S/c1-3-7-15-12(16)8-10(13(15)17)14-9-5-4-6-11(9)18-2/h9-11,14H,3-8H2,1-2H3. The molecule has 3 atom stereocenters. The average Bonchev–Trinajstić information content (AvgIpc) is 2.90. The van der Waals surface area contributed by atoms with Gasteiger partial charge in [0, 0.05) is 17.8 Å². The van der Waals surface area contributed by atoms with Crippen LogP contribution in [0, 0.1) is 0 Å². The summed E-state index contributed by atoms with van der Waals surface area (Å²) >= 11 is 1.86. The third kappa shape index (κ3) is 2.72. The van der Waals surface area contributed by atoms with E-state index in [0.29, 0.717) is 24.3 Å². The number of hydrogen-bond acceptors (Lipinski definition) is 4. The van der Waals surface area contributed by atoms with Crippen LogP contribution in [0.1, 0.15) is 39.0 Å². The summed E-state index contributed by atoms with van der Waals surface area (Å²) in [7, 11) is 0. The molecule has 102 valence electrons. The summed E-state index contributed by atoms with van der Waals surface area (Å²) in [6, 6.07) is 0.116. The Morgan fingerprint density at radius 3 is 2.83 bits per heavy atom. The van der Waals surface area contributed by atoms with Gasteiger partial charge in [-0.25, -0.2) is 0 Å². The van der Waals surface area contributed by atoms with Crippen LogP contribution in [-0.2, 0) is 9.59 Å². The van der Waals surface area contributed by atoms with Crippen molar-refractivity contribution in [1.29, 1.82) is 0 Å². The van der Waals surface area contributed by atoms with E-state index in [-0.39, 0.29) is 17.9 Å². The van der Waals surface area contributed by atoms with Crippen molar-refractivity contribution in [3.63, 3.8) is 0 Å². The molecule has 0 aromatic carbocycles. The third-order valence-electron chi connectivity index (χ3n) is 3.86. The minimum absolute atomic E-state index is 0.0157. The highest BCUT2D eigenvalue weighted by Crippen LogP contribution is 2.29. The number of imide groups is 1. The summed E-state index contributed by atoms with van der Waals surface area (Å²) in [6.07, 6.45) is 6.85. The third-order valence-corrected chi connectivity index (χ3v) is 5.03. The van der Waals surface area contributed by atoms with Gasteiger partial charge in [-0.1, -0.05) is 13.3 Å². The zero-order valence-electron chi connectivity index (χ0n) is 11.1. The van der Waals surface area contributed by atoms with Crippen molar-refractivity contribution in [2.75, 3.05) is 12.8 Å². The maximum absolute atomic E-state index is 12.1. The molecule has 4 nitrogen and oxygen atoms in total. The predicted molar refractivity (Wildman–Crippen MR) is 73.5 cm³/mol. The van der Waals surface area contributed by atoms with Crippen LogP contribution in [0.15, 0.2) is 0 Å². The van der Waals surface area contributed by atoms with E-state index in [1.54, 1.807) is 0 Å². The molecule has 2 rings (SSSR count). The predicted octanol–water partition coefficient (Wildman–Crippen LogP) is 1.40. The van der Waals surface area contributed by atoms with Crippen LogP contribution in [-0.4, -0.2) is 46.8 Å². The molecule has 1 saturated carbocycles. The van der Waals surface area contributed by atoms with E-state index in [4.69, 9.17) is 0 Å². The molecule has 2 fully saturated rings. The van der Waals surface area contributed by atoms with E-state index >= 15 is 0 Å². The number of carbonyl (C=O) groups excluding carboxylic acids is 2. The van der Waals surface area contributed by atoms with Crippen LogP contribution in [0.3, 0.4) is 0 Å². The van der Waals surface area contributed by atoms with E-state index in [9.17, 15) is 9.59 Å². The van der Waals surface area contributed by atoms with Gasteiger partial charge in [0.1, 0.15) is 0 Å². The van der Waals surface area contributed by atoms with E-state index in [1.807, 2.05) is 18.7 Å². The number of thioether (sulfide) groups is 1. The minimum Gasteiger partial charge on any atom is -0.302 e. The van der Waals surface area contributed by atoms with Crippen LogP contribution >= 0.6 is 11.8 Å². The number of carbonyl (C=O) groups is 2. The van der Waals surface area contributed by atoms with Gasteiger partial charge in [-0.2, -0.15) is 11.8 Å². The molecule has 0 aromatic rings. The Labute approximate surface area is 113 Å². The minimum atomic E-state index is -0.276. The molecule has 0 aromatic heterocycles. The maximum Gasteiger partial charge on any atom is 0.246 e. The molecule has 1 aliphatic heterocycles. The molecule has 5 heteroatoms. The van der Waals surface area contributed by atoms with Crippen molar-refractivity contribution in [2.24, 2.45) is 0 Å². The van der Waals surface area contributed by atoms with Gasteiger partial charge >= 0.3 is 0 Å². The molecule has 2 amide bonds. The molecule has 0 spiro atoms. The van der Waals surface area contributed by atoms with Crippen molar-refractivity contribution in [1.82, 2.24) is 10.2 Å². The van der Waals surface area contributed by atoms with Gasteiger partial charge in [-0.05, 0) is 25.5 Å². The van der Waals surface area contributed by atoms with Gasteiger partial charge in [-0.3, -0.25) is 14.5 Å². The summed E-state index contributed by atoms with van der Waals surface area (Å²) in [4.78, 5) is 25.3. The monoisotopic (exact) mass is 270 g/mol. The Bertz CT molecular complexity index is 335. The van der Waals surface area contributed by atoms with Crippen LogP contribution in [0.25, 0.3) is 0 Å². The zero-order chi connectivity index (χ0) is 13.1. The number of nitrogens with zero attached hydrogens (tertiary/aromatic N) is 1. The Morgan fingerprint density at radius 1 is 1.39 bits per heavy atom. The van der Waals surface area contributed by atoms with E-state index < -0.39 is 0 Å². The molecule has 0 bridgehead atoms. The molecule has 3 unspecified atom stereocenters. The first-order valence-corrected chi connectivity index (χ1v) is 8.09. The molecule has 1 saturated heterocycles. The largest absolute Gasteiger partial charge is 0.302 e. The summed E-state index contributed by atoms with van der Waals surface area (Å²) in [5, 5.41) is 4.01. The summed E-state index contributed by atoms with van der Waals surface area (Å²) < 4.78 is 0. The van der Waals surface area contributed by atoms with Crippen molar-refractivity contribution >= 4 is 23.6 Å². The molecule has 2 aliphatic rings. The van der Waals surface area contributed by atoms with Crippen LogP contribution in [0.2, 0.25) is 0 Å². The fourth-order valence-corrected chi connectivity index (χ4v) is 3.87. The highest BCUT2D eigenvalue weighted by molar-refractivity contribution is 7.99. The second-order valence-corrected chi connectivity index (χ2v) is 6.20. The highest BCUT2D eigenvalue weighted by atomic mass is 32.2. The SMILES string of the molecule is CCCN1C(=O)CC(NC2CCCC2SC)C1=O. The molecule has 0 radical (unpaired) electrons. The zero-order valence-corrected chi connectivity index (χ0v) is 12.0. The van der Waals surface area contributed by atoms with Crippen LogP contribution in [0.4, 0.5) is 0 Å². The Hall–Kier alpha value is -0.550. The number of nitrogens with one attached hydrogen (secondary N) is 1. The van der Waals surface area contributed by atoms with Gasteiger partial charge in [0.15, 0.2) is 0 Å². The lowest BCUT2D eigenvalue weighted by atomic mass is 10.2. The average molecular weight is 270 g/mol. The summed E-state index contributed by atoms with van der Waals surface area (Å²) in [6.45, 7) is 2.55. The lowest BCUT2D eigenvalue weighted by Gasteiger charge is -2.22. The smallest absolute Gasteiger partial charge is 0.246 e. The summed E-state index contributed by atoms with van der Waals surface area (Å²) in [5.41, 5.74) is 0. The lowest BCUT2D eigenvalue weighted by Crippen LogP contribution is -2.46. The van der Waals surface area contributed by atoms with Gasteiger partial charge in [0.05, 0.1) is 12.5 Å². The van der Waals surface area contributed by atoms with Crippen LogP contribution < -0.4 is 5.32 Å². The fraction of sp³-hybridized carbons (Fsp3) is 0.846. The highest BCUT2D eigenvalue weighted by Gasteiger charge is 2.40. The number of likely N-dealkylation sites (tertiary alicyclic amines) is 1. The van der Waals surface area contributed by atoms with Crippen molar-refractivity contribution < 1.29 is 9.59 Å². The van der Waals surface area contributed by atoms with Crippen LogP contribution in [0.5, 0.6) is 0 Å². The fourth-order valence-electron chi connectivity index (χ4n) is 2.93. The summed E-state index contributed by atoms with van der Waals surface area (Å²) in [5.74, 6) is -0.0355. The first-order valence-electron chi connectivity index (χ1n) is 6.80. The molecule has 1 N–H and O–H groups in total. The van der Waals surface area contributed by atoms with E-state index in [1.165, 1.54) is 17.7 Å². The lowest BCUT2D eigenvalue weighted by molar-refractivity contribution is -0.138.